The molecular formula is C17H18N5Na2O7P. The molecule has 1 aromatic carbocycles. The average Bonchev–Trinajstić information content (AvgIpc) is 3.27. The standard InChI is InChI=1S/C17H20N5O7P.2Na/c23-13-11(7-28-30(25,26)27)29-17(14(13)24)22-9-21-12-15(19-8-20-16(12)22)18-6-10-4-2-1-3-5-10;;/h1-5,8-9,11,13-14,17,23-24H,6-7H2,(H,18,19,20)(H2,25,26,27);;/q;2*+1/p-2. The first-order valence-electron chi connectivity index (χ1n) is 8.97. The van der Waals surface area contributed by atoms with Gasteiger partial charge in [0.05, 0.1) is 20.8 Å². The van der Waals surface area contributed by atoms with Crippen LogP contribution in [-0.2, 0) is 20.4 Å². The molecule has 3 heterocycles. The molecule has 1 fully saturated rings. The van der Waals surface area contributed by atoms with Gasteiger partial charge < -0.3 is 39.1 Å². The number of aliphatic hydroxyl groups is 2. The maximum absolute atomic E-state index is 10.7. The minimum absolute atomic E-state index is 0. The Hall–Kier alpha value is -0.440. The first-order valence-corrected chi connectivity index (χ1v) is 10.4. The molecule has 2 aromatic heterocycles. The zero-order valence-corrected chi connectivity index (χ0v) is 22.3. The van der Waals surface area contributed by atoms with Gasteiger partial charge in [-0.15, -0.1) is 0 Å². The van der Waals surface area contributed by atoms with Gasteiger partial charge in [-0.05, 0) is 5.56 Å². The topological polar surface area (TPSA) is 178 Å². The molecule has 0 aliphatic carbocycles. The van der Waals surface area contributed by atoms with Crippen LogP contribution in [0.15, 0.2) is 43.0 Å². The van der Waals surface area contributed by atoms with Crippen molar-refractivity contribution in [3.8, 4) is 0 Å². The molecule has 4 rings (SSSR count). The van der Waals surface area contributed by atoms with Crippen molar-refractivity contribution in [3.63, 3.8) is 0 Å². The van der Waals surface area contributed by atoms with Gasteiger partial charge in [-0.3, -0.25) is 4.57 Å². The number of imidazole rings is 1. The van der Waals surface area contributed by atoms with Gasteiger partial charge in [0.25, 0.3) is 0 Å². The van der Waals surface area contributed by atoms with Crippen molar-refractivity contribution in [1.82, 2.24) is 19.5 Å². The third-order valence-electron chi connectivity index (χ3n) is 4.67. The van der Waals surface area contributed by atoms with E-state index in [1.165, 1.54) is 17.2 Å². The molecule has 4 unspecified atom stereocenters. The smallest absolute Gasteiger partial charge is 0.790 e. The molecule has 160 valence electrons. The van der Waals surface area contributed by atoms with Crippen molar-refractivity contribution in [1.29, 1.82) is 0 Å². The van der Waals surface area contributed by atoms with Gasteiger partial charge in [0.15, 0.2) is 23.2 Å². The number of nitrogens with zero attached hydrogens (tertiary/aromatic N) is 4. The SMILES string of the molecule is O=P([O-])([O-])OCC1OC(n2cnc3c(NCc4ccccc4)ncnc32)C(O)C1O.[Na+].[Na+]. The van der Waals surface area contributed by atoms with E-state index in [0.29, 0.717) is 23.5 Å². The molecule has 12 nitrogen and oxygen atoms in total. The fraction of sp³-hybridized carbons (Fsp3) is 0.353. The van der Waals surface area contributed by atoms with Crippen LogP contribution in [-0.4, -0.2) is 54.7 Å². The number of aliphatic hydroxyl groups excluding tert-OH is 2. The number of ether oxygens (including phenoxy) is 1. The molecule has 0 radical (unpaired) electrons. The van der Waals surface area contributed by atoms with Gasteiger partial charge in [0.1, 0.15) is 24.6 Å². The second-order valence-corrected chi connectivity index (χ2v) is 7.83. The van der Waals surface area contributed by atoms with Crippen molar-refractivity contribution in [2.75, 3.05) is 11.9 Å². The molecule has 32 heavy (non-hydrogen) atoms. The number of hydrogen-bond acceptors (Lipinski definition) is 11. The Morgan fingerprint density at radius 1 is 1.12 bits per heavy atom. The summed E-state index contributed by atoms with van der Waals surface area (Å²) >= 11 is 0. The largest absolute Gasteiger partial charge is 1.00 e. The number of aromatic nitrogens is 4. The van der Waals surface area contributed by atoms with Crippen LogP contribution in [0.4, 0.5) is 5.82 Å². The molecule has 1 aliphatic heterocycles. The number of rotatable bonds is 7. The van der Waals surface area contributed by atoms with Crippen LogP contribution in [0.3, 0.4) is 0 Å². The quantitative estimate of drug-likeness (QED) is 0.216. The first kappa shape index (κ1) is 27.8. The Morgan fingerprint density at radius 3 is 2.53 bits per heavy atom. The number of fused-ring (bicyclic) bond motifs is 1. The molecule has 0 spiro atoms. The Morgan fingerprint density at radius 2 is 1.84 bits per heavy atom. The zero-order chi connectivity index (χ0) is 21.3. The van der Waals surface area contributed by atoms with E-state index < -0.39 is 39.0 Å². The summed E-state index contributed by atoms with van der Waals surface area (Å²) in [7, 11) is -5.24. The van der Waals surface area contributed by atoms with E-state index in [9.17, 15) is 24.6 Å². The number of benzene rings is 1. The first-order chi connectivity index (χ1) is 14.3. The summed E-state index contributed by atoms with van der Waals surface area (Å²) in [5.74, 6) is 0.467. The summed E-state index contributed by atoms with van der Waals surface area (Å²) in [4.78, 5) is 34.0. The van der Waals surface area contributed by atoms with Crippen LogP contribution >= 0.6 is 7.82 Å². The molecule has 3 N–H and O–H groups in total. The van der Waals surface area contributed by atoms with Crippen molar-refractivity contribution in [3.05, 3.63) is 48.5 Å². The monoisotopic (exact) mass is 481 g/mol. The average molecular weight is 481 g/mol. The number of anilines is 1. The molecule has 3 aromatic rings. The molecule has 15 heteroatoms. The van der Waals surface area contributed by atoms with E-state index >= 15 is 0 Å². The maximum atomic E-state index is 10.7. The van der Waals surface area contributed by atoms with E-state index in [4.69, 9.17) is 4.74 Å². The predicted molar refractivity (Wildman–Crippen MR) is 98.6 cm³/mol. The van der Waals surface area contributed by atoms with Crippen molar-refractivity contribution >= 4 is 24.8 Å². The summed E-state index contributed by atoms with van der Waals surface area (Å²) in [5, 5.41) is 23.7. The summed E-state index contributed by atoms with van der Waals surface area (Å²) in [6, 6.07) is 9.67. The number of phosphoric acid groups is 1. The van der Waals surface area contributed by atoms with Crippen LogP contribution in [0, 0.1) is 0 Å². The van der Waals surface area contributed by atoms with Gasteiger partial charge in [-0.25, -0.2) is 15.0 Å². The van der Waals surface area contributed by atoms with Gasteiger partial charge in [-0.2, -0.15) is 0 Å². The van der Waals surface area contributed by atoms with E-state index in [1.54, 1.807) is 0 Å². The van der Waals surface area contributed by atoms with Gasteiger partial charge in [-0.1, -0.05) is 30.3 Å². The summed E-state index contributed by atoms with van der Waals surface area (Å²) in [6.45, 7) is -0.213. The maximum Gasteiger partial charge on any atom is 1.00 e. The van der Waals surface area contributed by atoms with Crippen molar-refractivity contribution in [2.45, 2.75) is 31.1 Å². The fourth-order valence-corrected chi connectivity index (χ4v) is 3.54. The third-order valence-corrected chi connectivity index (χ3v) is 5.14. The number of phosphoric ester groups is 1. The fourth-order valence-electron chi connectivity index (χ4n) is 3.21. The Bertz CT molecular complexity index is 1070. The van der Waals surface area contributed by atoms with Gasteiger partial charge in [0, 0.05) is 6.54 Å². The summed E-state index contributed by atoms with van der Waals surface area (Å²) in [6.07, 6.45) is -2.56. The Balaban J connectivity index is 0.00000181. The molecule has 4 atom stereocenters. The Kier molecular flexibility index (Phi) is 10.3. The molecular weight excluding hydrogens is 463 g/mol. The van der Waals surface area contributed by atoms with Crippen molar-refractivity contribution in [2.24, 2.45) is 0 Å². The van der Waals surface area contributed by atoms with Crippen LogP contribution in [0.2, 0.25) is 0 Å². The normalized spacial score (nSPS) is 22.9. The number of hydrogen-bond donors (Lipinski definition) is 3. The van der Waals surface area contributed by atoms with Crippen LogP contribution in [0.25, 0.3) is 11.2 Å². The summed E-state index contributed by atoms with van der Waals surface area (Å²) in [5.41, 5.74) is 1.79. The molecule has 0 bridgehead atoms. The van der Waals surface area contributed by atoms with Crippen LogP contribution < -0.4 is 74.2 Å². The van der Waals surface area contributed by atoms with E-state index in [0.717, 1.165) is 5.56 Å². The summed E-state index contributed by atoms with van der Waals surface area (Å²) < 4.78 is 21.8. The second-order valence-electron chi connectivity index (χ2n) is 6.67. The van der Waals surface area contributed by atoms with Crippen LogP contribution in [0.5, 0.6) is 0 Å². The molecule has 1 saturated heterocycles. The molecule has 1 aliphatic rings. The third kappa shape index (κ3) is 6.36. The predicted octanol–water partition coefficient (Wildman–Crippen LogP) is -7.09. The van der Waals surface area contributed by atoms with E-state index in [-0.39, 0.29) is 59.1 Å². The molecule has 0 saturated carbocycles. The van der Waals surface area contributed by atoms with E-state index in [1.807, 2.05) is 30.3 Å². The Labute approximate surface area is 227 Å². The minimum atomic E-state index is -5.24. The van der Waals surface area contributed by atoms with Crippen molar-refractivity contribution < 1.29 is 92.9 Å². The minimum Gasteiger partial charge on any atom is -0.790 e. The number of nitrogens with one attached hydrogen (secondary N) is 1. The van der Waals surface area contributed by atoms with Gasteiger partial charge >= 0.3 is 59.1 Å². The zero-order valence-electron chi connectivity index (χ0n) is 17.4. The second kappa shape index (κ2) is 11.8. The van der Waals surface area contributed by atoms with E-state index in [2.05, 4.69) is 24.8 Å². The molecule has 0 amide bonds. The van der Waals surface area contributed by atoms with Crippen LogP contribution in [0.1, 0.15) is 11.8 Å². The van der Waals surface area contributed by atoms with Gasteiger partial charge in [0.2, 0.25) is 0 Å².